The molecule has 3 nitrogen and oxygen atoms in total. The smallest absolute Gasteiger partial charge is 0.190 e. The molecule has 0 fully saturated rings. The summed E-state index contributed by atoms with van der Waals surface area (Å²) in [7, 11) is 0. The molecule has 2 heterocycles. The highest BCUT2D eigenvalue weighted by Gasteiger charge is 2.18. The lowest BCUT2D eigenvalue weighted by atomic mass is 10.2. The van der Waals surface area contributed by atoms with Gasteiger partial charge in [-0.2, -0.15) is 0 Å². The van der Waals surface area contributed by atoms with Crippen LogP contribution < -0.4 is 0 Å². The van der Waals surface area contributed by atoms with Gasteiger partial charge in [-0.3, -0.25) is 0 Å². The molecule has 3 rings (SSSR count). The summed E-state index contributed by atoms with van der Waals surface area (Å²) in [4.78, 5) is 11.7. The molecule has 1 aromatic carbocycles. The number of rotatable bonds is 2. The molecular formula is C12H9F2N3S2. The summed E-state index contributed by atoms with van der Waals surface area (Å²) in [5, 5.41) is 2.00. The Labute approximate surface area is 116 Å². The average Bonchev–Trinajstić information content (AvgIpc) is 2.80. The minimum Gasteiger partial charge on any atom is -0.339 e. The maximum absolute atomic E-state index is 14.0. The van der Waals surface area contributed by atoms with Crippen molar-refractivity contribution in [3.8, 4) is 0 Å². The first-order chi connectivity index (χ1) is 9.15. The lowest BCUT2D eigenvalue weighted by Gasteiger charge is -2.02. The molecule has 0 spiro atoms. The van der Waals surface area contributed by atoms with Crippen LogP contribution in [-0.2, 0) is 0 Å². The van der Waals surface area contributed by atoms with E-state index in [1.54, 1.807) is 0 Å². The van der Waals surface area contributed by atoms with Crippen LogP contribution in [0.15, 0.2) is 22.3 Å². The Morgan fingerprint density at radius 3 is 2.53 bits per heavy atom. The zero-order valence-electron chi connectivity index (χ0n) is 10.1. The van der Waals surface area contributed by atoms with Crippen LogP contribution in [0.5, 0.6) is 0 Å². The van der Waals surface area contributed by atoms with Crippen molar-refractivity contribution in [1.29, 1.82) is 0 Å². The highest BCUT2D eigenvalue weighted by Crippen LogP contribution is 2.34. The summed E-state index contributed by atoms with van der Waals surface area (Å²) in [6.45, 7) is 0. The van der Waals surface area contributed by atoms with Crippen molar-refractivity contribution < 1.29 is 8.78 Å². The molecular weight excluding hydrogens is 288 g/mol. The number of aromatic amines is 1. The quantitative estimate of drug-likeness (QED) is 0.443. The Kier molecular flexibility index (Phi) is 3.10. The molecule has 0 amide bonds. The fraction of sp³-hybridized carbons (Fsp3) is 0.167. The maximum Gasteiger partial charge on any atom is 0.190 e. The first-order valence-corrected chi connectivity index (χ1v) is 7.86. The SMILES string of the molecule is CSc1nc(SC)c2c(n1)[nH]c1ccc(F)c(F)c12. The number of hydrogen-bond donors (Lipinski definition) is 1. The van der Waals surface area contributed by atoms with Crippen molar-refractivity contribution in [2.24, 2.45) is 0 Å². The van der Waals surface area contributed by atoms with E-state index in [-0.39, 0.29) is 5.39 Å². The van der Waals surface area contributed by atoms with Gasteiger partial charge in [0, 0.05) is 0 Å². The summed E-state index contributed by atoms with van der Waals surface area (Å²) in [6, 6.07) is 2.62. The van der Waals surface area contributed by atoms with E-state index in [0.717, 1.165) is 6.07 Å². The third-order valence-corrected chi connectivity index (χ3v) is 4.06. The molecule has 2 aromatic heterocycles. The second-order valence-corrected chi connectivity index (χ2v) is 5.42. The van der Waals surface area contributed by atoms with Gasteiger partial charge in [0.1, 0.15) is 10.7 Å². The summed E-state index contributed by atoms with van der Waals surface area (Å²) in [5.41, 5.74) is 1.06. The number of fused-ring (bicyclic) bond motifs is 3. The largest absolute Gasteiger partial charge is 0.339 e. The zero-order valence-corrected chi connectivity index (χ0v) is 11.8. The molecule has 19 heavy (non-hydrogen) atoms. The van der Waals surface area contributed by atoms with Crippen molar-refractivity contribution in [3.05, 3.63) is 23.8 Å². The van der Waals surface area contributed by atoms with Crippen LogP contribution in [0.2, 0.25) is 0 Å². The third kappa shape index (κ3) is 1.88. The lowest BCUT2D eigenvalue weighted by Crippen LogP contribution is -1.90. The minimum absolute atomic E-state index is 0.215. The molecule has 0 radical (unpaired) electrons. The summed E-state index contributed by atoms with van der Waals surface area (Å²) >= 11 is 2.80. The Balaban J connectivity index is 2.52. The summed E-state index contributed by atoms with van der Waals surface area (Å²) in [6.07, 6.45) is 3.72. The van der Waals surface area contributed by atoms with E-state index in [1.165, 1.54) is 29.6 Å². The van der Waals surface area contributed by atoms with Gasteiger partial charge in [-0.1, -0.05) is 11.8 Å². The standard InChI is InChI=1S/C12H9F2N3S2/c1-18-11-8-7-6(4-3-5(13)9(7)14)15-10(8)16-12(17-11)19-2/h3-4H,1-2H3,(H,15,16,17). The van der Waals surface area contributed by atoms with Crippen LogP contribution in [0.25, 0.3) is 21.9 Å². The number of H-pyrrole nitrogens is 1. The van der Waals surface area contributed by atoms with Gasteiger partial charge in [0.15, 0.2) is 16.8 Å². The first-order valence-electron chi connectivity index (χ1n) is 5.41. The van der Waals surface area contributed by atoms with Crippen LogP contribution in [0.3, 0.4) is 0 Å². The number of thioether (sulfide) groups is 2. The molecule has 1 N–H and O–H groups in total. The molecule has 0 unspecified atom stereocenters. The Bertz CT molecular complexity index is 786. The number of nitrogens with one attached hydrogen (secondary N) is 1. The second-order valence-electron chi connectivity index (χ2n) is 3.85. The van der Waals surface area contributed by atoms with E-state index in [0.29, 0.717) is 26.7 Å². The van der Waals surface area contributed by atoms with Crippen molar-refractivity contribution in [2.75, 3.05) is 12.5 Å². The van der Waals surface area contributed by atoms with Crippen molar-refractivity contribution in [2.45, 2.75) is 10.2 Å². The highest BCUT2D eigenvalue weighted by atomic mass is 32.2. The number of nitrogens with zero attached hydrogens (tertiary/aromatic N) is 2. The number of halogens is 2. The molecule has 98 valence electrons. The van der Waals surface area contributed by atoms with Gasteiger partial charge in [-0.15, -0.1) is 11.8 Å². The minimum atomic E-state index is -0.866. The molecule has 0 aliphatic carbocycles. The Morgan fingerprint density at radius 1 is 1.05 bits per heavy atom. The van der Waals surface area contributed by atoms with E-state index in [4.69, 9.17) is 0 Å². The second kappa shape index (κ2) is 4.64. The van der Waals surface area contributed by atoms with Gasteiger partial charge in [-0.25, -0.2) is 18.7 Å². The topological polar surface area (TPSA) is 41.6 Å². The van der Waals surface area contributed by atoms with Crippen LogP contribution in [0.4, 0.5) is 8.78 Å². The molecule has 0 saturated carbocycles. The van der Waals surface area contributed by atoms with Gasteiger partial charge >= 0.3 is 0 Å². The number of aromatic nitrogens is 3. The van der Waals surface area contributed by atoms with Crippen molar-refractivity contribution in [1.82, 2.24) is 15.0 Å². The van der Waals surface area contributed by atoms with Crippen LogP contribution >= 0.6 is 23.5 Å². The molecule has 3 aromatic rings. The molecule has 0 atom stereocenters. The molecule has 0 bridgehead atoms. The van der Waals surface area contributed by atoms with E-state index in [1.807, 2.05) is 12.5 Å². The van der Waals surface area contributed by atoms with Crippen molar-refractivity contribution >= 4 is 45.5 Å². The third-order valence-electron chi connectivity index (χ3n) is 2.83. The van der Waals surface area contributed by atoms with Crippen LogP contribution in [0, 0.1) is 11.6 Å². The summed E-state index contributed by atoms with van der Waals surface area (Å²) in [5.74, 6) is -1.73. The monoisotopic (exact) mass is 297 g/mol. The number of benzene rings is 1. The van der Waals surface area contributed by atoms with Crippen LogP contribution in [-0.4, -0.2) is 27.5 Å². The fourth-order valence-electron chi connectivity index (χ4n) is 2.00. The van der Waals surface area contributed by atoms with E-state index in [2.05, 4.69) is 15.0 Å². The van der Waals surface area contributed by atoms with E-state index >= 15 is 0 Å². The highest BCUT2D eigenvalue weighted by molar-refractivity contribution is 7.99. The van der Waals surface area contributed by atoms with E-state index in [9.17, 15) is 8.78 Å². The predicted molar refractivity (Wildman–Crippen MR) is 74.9 cm³/mol. The maximum atomic E-state index is 14.0. The Morgan fingerprint density at radius 2 is 1.84 bits per heavy atom. The van der Waals surface area contributed by atoms with Gasteiger partial charge in [0.25, 0.3) is 0 Å². The molecule has 7 heteroatoms. The van der Waals surface area contributed by atoms with Gasteiger partial charge in [0.05, 0.1) is 16.3 Å². The fourth-order valence-corrected chi connectivity index (χ4v) is 3.01. The first kappa shape index (κ1) is 12.7. The van der Waals surface area contributed by atoms with Crippen LogP contribution in [0.1, 0.15) is 0 Å². The van der Waals surface area contributed by atoms with Gasteiger partial charge < -0.3 is 4.98 Å². The number of hydrogen-bond acceptors (Lipinski definition) is 4. The average molecular weight is 297 g/mol. The summed E-state index contributed by atoms with van der Waals surface area (Å²) < 4.78 is 27.4. The van der Waals surface area contributed by atoms with E-state index < -0.39 is 11.6 Å². The molecule has 0 saturated heterocycles. The lowest BCUT2D eigenvalue weighted by molar-refractivity contribution is 0.517. The predicted octanol–water partition coefficient (Wildman–Crippen LogP) is 3.83. The van der Waals surface area contributed by atoms with Gasteiger partial charge in [0.2, 0.25) is 0 Å². The normalized spacial score (nSPS) is 11.6. The van der Waals surface area contributed by atoms with Crippen molar-refractivity contribution in [3.63, 3.8) is 0 Å². The molecule has 0 aliphatic rings. The Hall–Kier alpha value is -1.34. The van der Waals surface area contributed by atoms with Gasteiger partial charge in [-0.05, 0) is 24.6 Å². The molecule has 0 aliphatic heterocycles. The zero-order chi connectivity index (χ0) is 13.6.